The number of carbonyl (C=O) groups is 2. The van der Waals surface area contributed by atoms with Crippen LogP contribution in [0.2, 0.25) is 0 Å². The van der Waals surface area contributed by atoms with Gasteiger partial charge in [-0.3, -0.25) is 0 Å². The van der Waals surface area contributed by atoms with Gasteiger partial charge >= 0.3 is 11.9 Å². The predicted molar refractivity (Wildman–Crippen MR) is 105 cm³/mol. The molecule has 1 aliphatic rings. The number of hydrogen-bond donors (Lipinski definition) is 0. The Morgan fingerprint density at radius 2 is 1.04 bits per heavy atom. The first-order valence-electron chi connectivity index (χ1n) is 7.91. The molecular weight excluding hydrogens is 368 g/mol. The lowest BCUT2D eigenvalue weighted by atomic mass is 10.2. The van der Waals surface area contributed by atoms with Crippen molar-refractivity contribution in [1.82, 2.24) is 0 Å². The average Bonchev–Trinajstić information content (AvgIpc) is 2.72. The standard InChI is InChI=1S/C20H16O4S2/c21-19(15-7-3-1-4-8-15)23-13-17-11-12-18(26-25-17)14-24-20(22)16-9-5-2-6-10-16/h1-12H,13-14H2. The topological polar surface area (TPSA) is 52.6 Å². The Balaban J connectivity index is 1.47. The smallest absolute Gasteiger partial charge is 0.338 e. The van der Waals surface area contributed by atoms with Gasteiger partial charge in [0.15, 0.2) is 0 Å². The summed E-state index contributed by atoms with van der Waals surface area (Å²) in [6.45, 7) is 0.442. The van der Waals surface area contributed by atoms with Crippen molar-refractivity contribution >= 4 is 33.5 Å². The van der Waals surface area contributed by atoms with Gasteiger partial charge in [-0.2, -0.15) is 0 Å². The summed E-state index contributed by atoms with van der Waals surface area (Å²) in [6, 6.07) is 17.8. The third-order valence-corrected chi connectivity index (χ3v) is 5.97. The molecule has 2 aromatic carbocycles. The molecule has 1 heterocycles. The second-order valence-electron chi connectivity index (χ2n) is 5.32. The Labute approximate surface area is 159 Å². The number of esters is 2. The van der Waals surface area contributed by atoms with Gasteiger partial charge in [-0.25, -0.2) is 9.59 Å². The van der Waals surface area contributed by atoms with E-state index in [1.807, 2.05) is 24.3 Å². The van der Waals surface area contributed by atoms with E-state index < -0.39 is 0 Å². The third kappa shape index (κ3) is 5.28. The largest absolute Gasteiger partial charge is 0.457 e. The van der Waals surface area contributed by atoms with E-state index in [-0.39, 0.29) is 25.2 Å². The van der Waals surface area contributed by atoms with Crippen molar-refractivity contribution in [3.8, 4) is 0 Å². The molecule has 4 nitrogen and oxygen atoms in total. The maximum atomic E-state index is 11.9. The fourth-order valence-electron chi connectivity index (χ4n) is 2.08. The lowest BCUT2D eigenvalue weighted by Crippen LogP contribution is -2.08. The van der Waals surface area contributed by atoms with Crippen molar-refractivity contribution in [3.05, 3.63) is 93.8 Å². The molecule has 0 aromatic heterocycles. The summed E-state index contributed by atoms with van der Waals surface area (Å²) in [5.74, 6) is -0.688. The number of hydrogen-bond acceptors (Lipinski definition) is 6. The van der Waals surface area contributed by atoms with E-state index in [0.29, 0.717) is 11.1 Å². The maximum absolute atomic E-state index is 11.9. The molecule has 1 aliphatic heterocycles. The summed E-state index contributed by atoms with van der Waals surface area (Å²) in [4.78, 5) is 25.7. The van der Waals surface area contributed by atoms with Crippen molar-refractivity contribution < 1.29 is 19.1 Å². The van der Waals surface area contributed by atoms with Crippen LogP contribution in [0.1, 0.15) is 20.7 Å². The van der Waals surface area contributed by atoms with Crippen LogP contribution in [-0.2, 0) is 9.47 Å². The third-order valence-electron chi connectivity index (χ3n) is 3.42. The van der Waals surface area contributed by atoms with E-state index in [9.17, 15) is 9.59 Å². The monoisotopic (exact) mass is 384 g/mol. The molecule has 0 atom stereocenters. The summed E-state index contributed by atoms with van der Waals surface area (Å²) in [5, 5.41) is 0. The van der Waals surface area contributed by atoms with Gasteiger partial charge in [0.1, 0.15) is 13.2 Å². The molecule has 0 fully saturated rings. The highest BCUT2D eigenvalue weighted by molar-refractivity contribution is 8.79. The molecule has 0 saturated carbocycles. The molecule has 3 rings (SSSR count). The number of rotatable bonds is 6. The Bertz CT molecular complexity index is 758. The van der Waals surface area contributed by atoms with Crippen molar-refractivity contribution in [2.75, 3.05) is 13.2 Å². The molecular formula is C20H16O4S2. The SMILES string of the molecule is O=C(OCC1=CC=C(COC(=O)c2ccccc2)SS1)c1ccccc1. The normalized spacial score (nSPS) is 13.4. The van der Waals surface area contributed by atoms with Gasteiger partial charge in [0, 0.05) is 9.81 Å². The molecule has 0 radical (unpaired) electrons. The van der Waals surface area contributed by atoms with E-state index in [0.717, 1.165) is 9.81 Å². The Kier molecular flexibility index (Phi) is 6.57. The van der Waals surface area contributed by atoms with Gasteiger partial charge in [-0.15, -0.1) is 0 Å². The van der Waals surface area contributed by atoms with E-state index in [2.05, 4.69) is 0 Å². The zero-order chi connectivity index (χ0) is 18.2. The van der Waals surface area contributed by atoms with Crippen LogP contribution in [0.3, 0.4) is 0 Å². The molecule has 0 aliphatic carbocycles. The number of carbonyl (C=O) groups excluding carboxylic acids is 2. The van der Waals surface area contributed by atoms with Crippen LogP contribution in [0, 0.1) is 0 Å². The first kappa shape index (κ1) is 18.4. The minimum atomic E-state index is -0.344. The summed E-state index contributed by atoms with van der Waals surface area (Å²) in [6.07, 6.45) is 3.76. The highest BCUT2D eigenvalue weighted by Crippen LogP contribution is 2.40. The minimum Gasteiger partial charge on any atom is -0.457 e. The maximum Gasteiger partial charge on any atom is 0.338 e. The Hall–Kier alpha value is -2.44. The first-order chi connectivity index (χ1) is 12.7. The fraction of sp³-hybridized carbons (Fsp3) is 0.100. The number of ether oxygens (including phenoxy) is 2. The quantitative estimate of drug-likeness (QED) is 0.523. The molecule has 0 unspecified atom stereocenters. The Morgan fingerprint density at radius 1 is 0.654 bits per heavy atom. The van der Waals surface area contributed by atoms with E-state index in [4.69, 9.17) is 9.47 Å². The summed E-state index contributed by atoms with van der Waals surface area (Å²) in [5.41, 5.74) is 1.07. The second kappa shape index (κ2) is 9.31. The van der Waals surface area contributed by atoms with E-state index >= 15 is 0 Å². The molecule has 0 N–H and O–H groups in total. The first-order valence-corrected chi connectivity index (χ1v) is 10.1. The van der Waals surface area contributed by atoms with E-state index in [1.165, 1.54) is 21.6 Å². The lowest BCUT2D eigenvalue weighted by molar-refractivity contribution is 0.0536. The molecule has 132 valence electrons. The van der Waals surface area contributed by atoms with Crippen LogP contribution in [0.15, 0.2) is 82.6 Å². The van der Waals surface area contributed by atoms with Crippen LogP contribution in [-0.4, -0.2) is 25.2 Å². The summed E-state index contributed by atoms with van der Waals surface area (Å²) < 4.78 is 10.6. The minimum absolute atomic E-state index is 0.221. The highest BCUT2D eigenvalue weighted by atomic mass is 33.1. The van der Waals surface area contributed by atoms with Crippen molar-refractivity contribution in [1.29, 1.82) is 0 Å². The van der Waals surface area contributed by atoms with Crippen LogP contribution < -0.4 is 0 Å². The number of allylic oxidation sites excluding steroid dienone is 2. The van der Waals surface area contributed by atoms with Crippen LogP contribution in [0.5, 0.6) is 0 Å². The van der Waals surface area contributed by atoms with Gasteiger partial charge in [0.25, 0.3) is 0 Å². The zero-order valence-electron chi connectivity index (χ0n) is 13.8. The van der Waals surface area contributed by atoms with Crippen molar-refractivity contribution in [2.45, 2.75) is 0 Å². The molecule has 26 heavy (non-hydrogen) atoms. The van der Waals surface area contributed by atoms with Gasteiger partial charge < -0.3 is 9.47 Å². The molecule has 6 heteroatoms. The molecule has 2 aromatic rings. The highest BCUT2D eigenvalue weighted by Gasteiger charge is 2.14. The second-order valence-corrected chi connectivity index (χ2v) is 7.70. The van der Waals surface area contributed by atoms with Crippen LogP contribution in [0.25, 0.3) is 0 Å². The Morgan fingerprint density at radius 3 is 1.38 bits per heavy atom. The van der Waals surface area contributed by atoms with Crippen molar-refractivity contribution in [2.24, 2.45) is 0 Å². The van der Waals surface area contributed by atoms with Gasteiger partial charge in [0.05, 0.1) is 11.1 Å². The molecule has 0 saturated heterocycles. The summed E-state index contributed by atoms with van der Waals surface area (Å²) >= 11 is 0. The fourth-order valence-corrected chi connectivity index (χ4v) is 4.02. The molecule has 0 bridgehead atoms. The van der Waals surface area contributed by atoms with Crippen LogP contribution in [0.4, 0.5) is 0 Å². The molecule has 0 amide bonds. The van der Waals surface area contributed by atoms with Gasteiger partial charge in [-0.05, 0) is 36.4 Å². The van der Waals surface area contributed by atoms with Crippen molar-refractivity contribution in [3.63, 3.8) is 0 Å². The average molecular weight is 384 g/mol. The summed E-state index contributed by atoms with van der Waals surface area (Å²) in [7, 11) is 2.99. The lowest BCUT2D eigenvalue weighted by Gasteiger charge is -2.14. The van der Waals surface area contributed by atoms with Crippen LogP contribution >= 0.6 is 21.6 Å². The number of benzene rings is 2. The predicted octanol–water partition coefficient (Wildman–Crippen LogP) is 4.86. The molecule has 0 spiro atoms. The zero-order valence-corrected chi connectivity index (χ0v) is 15.4. The van der Waals surface area contributed by atoms with E-state index in [1.54, 1.807) is 48.5 Å². The van der Waals surface area contributed by atoms with Gasteiger partial charge in [-0.1, -0.05) is 58.0 Å². The van der Waals surface area contributed by atoms with Gasteiger partial charge in [0.2, 0.25) is 0 Å².